The predicted octanol–water partition coefficient (Wildman–Crippen LogP) is 3.65. The van der Waals surface area contributed by atoms with Crippen molar-refractivity contribution in [3.63, 3.8) is 0 Å². The summed E-state index contributed by atoms with van der Waals surface area (Å²) in [6.45, 7) is 6.98. The van der Waals surface area contributed by atoms with Gasteiger partial charge in [0.2, 0.25) is 0 Å². The summed E-state index contributed by atoms with van der Waals surface area (Å²) >= 11 is 0. The molecule has 1 rings (SSSR count). The van der Waals surface area contributed by atoms with Crippen LogP contribution < -0.4 is 0 Å². The van der Waals surface area contributed by atoms with Gasteiger partial charge in [0.05, 0.1) is 5.60 Å². The van der Waals surface area contributed by atoms with Gasteiger partial charge in [-0.1, -0.05) is 6.08 Å². The normalized spacial score (nSPS) is 20.4. The molecule has 0 aromatic heterocycles. The summed E-state index contributed by atoms with van der Waals surface area (Å²) in [6, 6.07) is 0. The number of carbonyl (C=O) groups excluding carboxylic acids is 1. The number of rotatable bonds is 4. The van der Waals surface area contributed by atoms with Crippen LogP contribution in [0.5, 0.6) is 0 Å². The van der Waals surface area contributed by atoms with Crippen LogP contribution in [0.25, 0.3) is 0 Å². The van der Waals surface area contributed by atoms with E-state index >= 15 is 0 Å². The first kappa shape index (κ1) is 13.4. The van der Waals surface area contributed by atoms with Crippen molar-refractivity contribution in [1.82, 2.24) is 0 Å². The van der Waals surface area contributed by atoms with Gasteiger partial charge in [-0.3, -0.25) is 4.79 Å². The Balaban J connectivity index is 2.18. The molecule has 0 N–H and O–H groups in total. The van der Waals surface area contributed by atoms with Gasteiger partial charge >= 0.3 is 0 Å². The molecule has 0 atom stereocenters. The molecule has 1 saturated carbocycles. The molecule has 1 aliphatic rings. The summed E-state index contributed by atoms with van der Waals surface area (Å²) in [5.41, 5.74) is 1.01. The van der Waals surface area contributed by atoms with Gasteiger partial charge in [0.1, 0.15) is 0 Å². The first-order chi connectivity index (χ1) is 7.49. The lowest BCUT2D eigenvalue weighted by Crippen LogP contribution is -2.19. The van der Waals surface area contributed by atoms with Crippen molar-refractivity contribution in [1.29, 1.82) is 0 Å². The maximum absolute atomic E-state index is 11.5. The van der Waals surface area contributed by atoms with Gasteiger partial charge in [-0.05, 0) is 58.4 Å². The van der Waals surface area contributed by atoms with Crippen molar-refractivity contribution in [3.8, 4) is 0 Å². The molecule has 0 unspecified atom stereocenters. The van der Waals surface area contributed by atoms with E-state index in [1.165, 1.54) is 6.42 Å². The molecule has 0 saturated heterocycles. The molecule has 0 aromatic carbocycles. The van der Waals surface area contributed by atoms with Crippen LogP contribution in [0.4, 0.5) is 0 Å². The molecule has 0 amide bonds. The van der Waals surface area contributed by atoms with E-state index in [-0.39, 0.29) is 5.60 Å². The predicted molar refractivity (Wildman–Crippen MR) is 66.5 cm³/mol. The second-order valence-corrected chi connectivity index (χ2v) is 5.46. The van der Waals surface area contributed by atoms with Gasteiger partial charge in [0, 0.05) is 13.0 Å². The van der Waals surface area contributed by atoms with Crippen molar-refractivity contribution < 1.29 is 9.53 Å². The van der Waals surface area contributed by atoms with Gasteiger partial charge in [-0.15, -0.1) is 0 Å². The highest BCUT2D eigenvalue weighted by Gasteiger charge is 2.14. The van der Waals surface area contributed by atoms with Gasteiger partial charge in [-0.2, -0.15) is 0 Å². The third-order valence-corrected chi connectivity index (χ3v) is 2.73. The molecule has 2 heteroatoms. The van der Waals surface area contributed by atoms with Gasteiger partial charge in [0.15, 0.2) is 5.78 Å². The van der Waals surface area contributed by atoms with Crippen molar-refractivity contribution in [3.05, 3.63) is 11.6 Å². The fraction of sp³-hybridized carbons (Fsp3) is 0.786. The lowest BCUT2D eigenvalue weighted by Gasteiger charge is -2.19. The van der Waals surface area contributed by atoms with E-state index in [2.05, 4.69) is 26.8 Å². The number of ketones is 1. The minimum absolute atomic E-state index is 0.0478. The third-order valence-electron chi connectivity index (χ3n) is 2.73. The number of Topliss-reactive ketones (excluding diaryl/α,β-unsaturated/α-hetero) is 1. The second kappa shape index (κ2) is 6.19. The Kier molecular flexibility index (Phi) is 5.20. The topological polar surface area (TPSA) is 26.3 Å². The lowest BCUT2D eigenvalue weighted by molar-refractivity contribution is -0.116. The number of hydrogen-bond donors (Lipinski definition) is 0. The van der Waals surface area contributed by atoms with E-state index in [0.717, 1.165) is 44.3 Å². The molecule has 1 aliphatic carbocycles. The van der Waals surface area contributed by atoms with Crippen LogP contribution in [0, 0.1) is 0 Å². The maximum atomic E-state index is 11.5. The summed E-state index contributed by atoms with van der Waals surface area (Å²) in [7, 11) is 0. The van der Waals surface area contributed by atoms with Crippen LogP contribution >= 0.6 is 0 Å². The van der Waals surface area contributed by atoms with E-state index in [1.807, 2.05) is 0 Å². The van der Waals surface area contributed by atoms with Crippen molar-refractivity contribution in [2.24, 2.45) is 0 Å². The Labute approximate surface area is 99.1 Å². The molecule has 0 bridgehead atoms. The zero-order valence-electron chi connectivity index (χ0n) is 10.8. The molecule has 92 valence electrons. The summed E-state index contributed by atoms with van der Waals surface area (Å²) in [5.74, 6) is 0.364. The third kappa shape index (κ3) is 5.45. The Bertz CT molecular complexity index is 258. The first-order valence-electron chi connectivity index (χ1n) is 6.35. The SMILES string of the molecule is CC(C)(C)OCCC/C=C1/CCCCC1=O. The molecular weight excluding hydrogens is 200 g/mol. The smallest absolute Gasteiger partial charge is 0.158 e. The highest BCUT2D eigenvalue weighted by molar-refractivity contribution is 5.95. The average Bonchev–Trinajstić information content (AvgIpc) is 2.18. The minimum Gasteiger partial charge on any atom is -0.376 e. The highest BCUT2D eigenvalue weighted by Crippen LogP contribution is 2.20. The van der Waals surface area contributed by atoms with Crippen LogP contribution in [0.3, 0.4) is 0 Å². The second-order valence-electron chi connectivity index (χ2n) is 5.46. The molecule has 0 aromatic rings. The quantitative estimate of drug-likeness (QED) is 0.538. The first-order valence-corrected chi connectivity index (χ1v) is 6.35. The fourth-order valence-electron chi connectivity index (χ4n) is 1.85. The summed E-state index contributed by atoms with van der Waals surface area (Å²) in [4.78, 5) is 11.5. The van der Waals surface area contributed by atoms with E-state index in [4.69, 9.17) is 4.74 Å². The standard InChI is InChI=1S/C14H24O2/c1-14(2,3)16-11-7-6-9-12-8-4-5-10-13(12)15/h9H,4-8,10-11H2,1-3H3/b12-9-. The van der Waals surface area contributed by atoms with E-state index in [1.54, 1.807) is 0 Å². The monoisotopic (exact) mass is 224 g/mol. The van der Waals surface area contributed by atoms with Crippen molar-refractivity contribution >= 4 is 5.78 Å². The molecule has 1 fully saturated rings. The van der Waals surface area contributed by atoms with E-state index in [0.29, 0.717) is 5.78 Å². The number of hydrogen-bond acceptors (Lipinski definition) is 2. The molecule has 0 spiro atoms. The zero-order valence-corrected chi connectivity index (χ0v) is 10.8. The Morgan fingerprint density at radius 2 is 1.94 bits per heavy atom. The van der Waals surface area contributed by atoms with Crippen LogP contribution in [0.15, 0.2) is 11.6 Å². The van der Waals surface area contributed by atoms with Gasteiger partial charge < -0.3 is 4.74 Å². The molecule has 2 nitrogen and oxygen atoms in total. The van der Waals surface area contributed by atoms with E-state index in [9.17, 15) is 4.79 Å². The summed E-state index contributed by atoms with van der Waals surface area (Å²) in [5, 5.41) is 0. The molecule has 0 radical (unpaired) electrons. The number of carbonyl (C=O) groups is 1. The zero-order chi connectivity index (χ0) is 12.0. The summed E-state index contributed by atoms with van der Waals surface area (Å²) in [6.07, 6.45) is 8.08. The van der Waals surface area contributed by atoms with Crippen molar-refractivity contribution in [2.45, 2.75) is 64.9 Å². The van der Waals surface area contributed by atoms with Crippen LogP contribution in [-0.2, 0) is 9.53 Å². The largest absolute Gasteiger partial charge is 0.376 e. The van der Waals surface area contributed by atoms with Gasteiger partial charge in [0.25, 0.3) is 0 Å². The minimum atomic E-state index is -0.0478. The molecule has 16 heavy (non-hydrogen) atoms. The number of ether oxygens (including phenoxy) is 1. The van der Waals surface area contributed by atoms with Crippen LogP contribution in [0.1, 0.15) is 59.3 Å². The Morgan fingerprint density at radius 3 is 2.56 bits per heavy atom. The van der Waals surface area contributed by atoms with Gasteiger partial charge in [-0.25, -0.2) is 0 Å². The average molecular weight is 224 g/mol. The van der Waals surface area contributed by atoms with Crippen LogP contribution in [-0.4, -0.2) is 18.0 Å². The maximum Gasteiger partial charge on any atom is 0.158 e. The van der Waals surface area contributed by atoms with Crippen molar-refractivity contribution in [2.75, 3.05) is 6.61 Å². The Morgan fingerprint density at radius 1 is 1.25 bits per heavy atom. The van der Waals surface area contributed by atoms with Crippen LogP contribution in [0.2, 0.25) is 0 Å². The highest BCUT2D eigenvalue weighted by atomic mass is 16.5. The molecular formula is C14H24O2. The number of allylic oxidation sites excluding steroid dienone is 2. The molecule has 0 aliphatic heterocycles. The number of unbranched alkanes of at least 4 members (excludes halogenated alkanes) is 1. The molecule has 0 heterocycles. The summed E-state index contributed by atoms with van der Waals surface area (Å²) < 4.78 is 5.63. The Hall–Kier alpha value is -0.630. The fourth-order valence-corrected chi connectivity index (χ4v) is 1.85. The lowest BCUT2D eigenvalue weighted by atomic mass is 9.93. The van der Waals surface area contributed by atoms with E-state index < -0.39 is 0 Å².